The van der Waals surface area contributed by atoms with Crippen LogP contribution in [0.3, 0.4) is 0 Å². The van der Waals surface area contributed by atoms with Crippen LogP contribution in [0.15, 0.2) is 35.5 Å². The molecule has 0 saturated heterocycles. The fourth-order valence-corrected chi connectivity index (χ4v) is 1.49. The predicted octanol–water partition coefficient (Wildman–Crippen LogP) is 4.04. The standard InChI is InChI=1S/C13H21NOSi/c1-13(2,3)16(4,5)15-14-11-12-9-7-6-8-10-12/h6-11H,1-5H3. The highest BCUT2D eigenvalue weighted by molar-refractivity contribution is 6.74. The Hall–Kier alpha value is -1.09. The van der Waals surface area contributed by atoms with E-state index in [0.29, 0.717) is 0 Å². The second-order valence-corrected chi connectivity index (χ2v) is 10.2. The molecule has 2 nitrogen and oxygen atoms in total. The summed E-state index contributed by atoms with van der Waals surface area (Å²) in [6.07, 6.45) is 1.78. The lowest BCUT2D eigenvalue weighted by molar-refractivity contribution is 0.310. The van der Waals surface area contributed by atoms with Gasteiger partial charge in [-0.15, -0.1) is 5.16 Å². The van der Waals surface area contributed by atoms with Crippen LogP contribution in [0.5, 0.6) is 0 Å². The Morgan fingerprint density at radius 3 is 2.19 bits per heavy atom. The lowest BCUT2D eigenvalue weighted by Crippen LogP contribution is -2.39. The van der Waals surface area contributed by atoms with Gasteiger partial charge in [-0.05, 0) is 23.7 Å². The first kappa shape index (κ1) is 13.0. The Balaban J connectivity index is 2.62. The minimum Gasteiger partial charge on any atom is -0.455 e. The van der Waals surface area contributed by atoms with Crippen molar-refractivity contribution in [3.05, 3.63) is 35.9 Å². The smallest absolute Gasteiger partial charge is 0.286 e. The fraction of sp³-hybridized carbons (Fsp3) is 0.462. The summed E-state index contributed by atoms with van der Waals surface area (Å²) < 4.78 is 5.71. The van der Waals surface area contributed by atoms with Crippen LogP contribution in [-0.4, -0.2) is 14.5 Å². The Bertz CT molecular complexity index is 352. The van der Waals surface area contributed by atoms with Gasteiger partial charge < -0.3 is 4.53 Å². The second kappa shape index (κ2) is 4.83. The number of benzene rings is 1. The molecule has 88 valence electrons. The molecule has 0 saturated carbocycles. The maximum atomic E-state index is 5.71. The summed E-state index contributed by atoms with van der Waals surface area (Å²) in [4.78, 5) is 0. The van der Waals surface area contributed by atoms with E-state index in [4.69, 9.17) is 4.53 Å². The maximum absolute atomic E-state index is 5.71. The highest BCUT2D eigenvalue weighted by Crippen LogP contribution is 2.36. The van der Waals surface area contributed by atoms with Gasteiger partial charge in [0, 0.05) is 0 Å². The number of nitrogens with zero attached hydrogens (tertiary/aromatic N) is 1. The SMILES string of the molecule is CC(C)(C)[Si](C)(C)ON=Cc1ccccc1. The minimum absolute atomic E-state index is 0.195. The molecule has 0 aliphatic carbocycles. The lowest BCUT2D eigenvalue weighted by atomic mass is 10.2. The van der Waals surface area contributed by atoms with E-state index in [9.17, 15) is 0 Å². The van der Waals surface area contributed by atoms with Gasteiger partial charge >= 0.3 is 0 Å². The normalized spacial score (nSPS) is 13.1. The number of hydrogen-bond donors (Lipinski definition) is 0. The summed E-state index contributed by atoms with van der Waals surface area (Å²) in [6.45, 7) is 11.0. The first-order chi connectivity index (χ1) is 7.33. The van der Waals surface area contributed by atoms with Crippen molar-refractivity contribution < 1.29 is 4.53 Å². The van der Waals surface area contributed by atoms with Gasteiger partial charge in [-0.2, -0.15) is 0 Å². The molecule has 0 aliphatic heterocycles. The third kappa shape index (κ3) is 3.49. The largest absolute Gasteiger partial charge is 0.455 e. The molecule has 1 aromatic carbocycles. The summed E-state index contributed by atoms with van der Waals surface area (Å²) >= 11 is 0. The van der Waals surface area contributed by atoms with Crippen LogP contribution in [0.1, 0.15) is 26.3 Å². The van der Waals surface area contributed by atoms with Crippen molar-refractivity contribution in [2.24, 2.45) is 5.16 Å². The van der Waals surface area contributed by atoms with Crippen molar-refractivity contribution in [3.63, 3.8) is 0 Å². The molecule has 0 bridgehead atoms. The summed E-state index contributed by atoms with van der Waals surface area (Å²) in [6, 6.07) is 10.0. The van der Waals surface area contributed by atoms with Gasteiger partial charge in [0.05, 0.1) is 6.21 Å². The summed E-state index contributed by atoms with van der Waals surface area (Å²) in [5.74, 6) is 0. The third-order valence-electron chi connectivity index (χ3n) is 3.09. The molecule has 0 atom stereocenters. The number of hydrogen-bond acceptors (Lipinski definition) is 2. The van der Waals surface area contributed by atoms with E-state index < -0.39 is 8.32 Å². The molecule has 0 aliphatic rings. The van der Waals surface area contributed by atoms with E-state index in [1.165, 1.54) is 0 Å². The van der Waals surface area contributed by atoms with E-state index in [-0.39, 0.29) is 5.04 Å². The number of oxime groups is 1. The molecule has 0 unspecified atom stereocenters. The van der Waals surface area contributed by atoms with Gasteiger partial charge in [0.25, 0.3) is 8.32 Å². The molecule has 0 amide bonds. The molecule has 0 spiro atoms. The zero-order valence-electron chi connectivity index (χ0n) is 10.8. The predicted molar refractivity (Wildman–Crippen MR) is 72.3 cm³/mol. The molecule has 3 heteroatoms. The first-order valence-electron chi connectivity index (χ1n) is 5.59. The van der Waals surface area contributed by atoms with Crippen molar-refractivity contribution in [2.75, 3.05) is 0 Å². The molecule has 0 heterocycles. The van der Waals surface area contributed by atoms with Crippen LogP contribution in [0, 0.1) is 0 Å². The van der Waals surface area contributed by atoms with Gasteiger partial charge in [-0.3, -0.25) is 0 Å². The highest BCUT2D eigenvalue weighted by Gasteiger charge is 2.39. The molecular formula is C13H21NOSi. The van der Waals surface area contributed by atoms with Gasteiger partial charge in [-0.1, -0.05) is 51.1 Å². The van der Waals surface area contributed by atoms with Gasteiger partial charge in [-0.25, -0.2) is 0 Å². The Morgan fingerprint density at radius 1 is 1.12 bits per heavy atom. The molecule has 1 rings (SSSR count). The Kier molecular flexibility index (Phi) is 3.91. The van der Waals surface area contributed by atoms with Crippen LogP contribution in [0.4, 0.5) is 0 Å². The lowest BCUT2D eigenvalue weighted by Gasteiger charge is -2.33. The van der Waals surface area contributed by atoms with Gasteiger partial charge in [0.2, 0.25) is 0 Å². The van der Waals surface area contributed by atoms with E-state index in [2.05, 4.69) is 39.0 Å². The van der Waals surface area contributed by atoms with Crippen LogP contribution < -0.4 is 0 Å². The number of rotatable bonds is 3. The summed E-state index contributed by atoms with van der Waals surface area (Å²) in [7, 11) is -1.76. The van der Waals surface area contributed by atoms with Crippen molar-refractivity contribution in [1.82, 2.24) is 0 Å². The van der Waals surface area contributed by atoms with Crippen LogP contribution >= 0.6 is 0 Å². The monoisotopic (exact) mass is 235 g/mol. The average Bonchev–Trinajstić information content (AvgIpc) is 2.17. The zero-order chi connectivity index (χ0) is 12.2. The van der Waals surface area contributed by atoms with E-state index in [1.54, 1.807) is 6.21 Å². The van der Waals surface area contributed by atoms with Crippen molar-refractivity contribution in [3.8, 4) is 0 Å². The van der Waals surface area contributed by atoms with E-state index in [1.807, 2.05) is 30.3 Å². The van der Waals surface area contributed by atoms with Crippen molar-refractivity contribution >= 4 is 14.5 Å². The molecule has 16 heavy (non-hydrogen) atoms. The summed E-state index contributed by atoms with van der Waals surface area (Å²) in [5.41, 5.74) is 1.07. The fourth-order valence-electron chi connectivity index (χ4n) is 0.895. The van der Waals surface area contributed by atoms with E-state index >= 15 is 0 Å². The Labute approximate surface area is 99.5 Å². The Morgan fingerprint density at radius 2 is 1.69 bits per heavy atom. The molecule has 0 N–H and O–H groups in total. The highest BCUT2D eigenvalue weighted by atomic mass is 28.4. The topological polar surface area (TPSA) is 21.6 Å². The van der Waals surface area contributed by atoms with Crippen molar-refractivity contribution in [2.45, 2.75) is 38.9 Å². The molecule has 0 aromatic heterocycles. The molecule has 0 radical (unpaired) electrons. The molecule has 0 fully saturated rings. The molecular weight excluding hydrogens is 214 g/mol. The average molecular weight is 235 g/mol. The second-order valence-electron chi connectivity index (χ2n) is 5.50. The molecule has 1 aromatic rings. The van der Waals surface area contributed by atoms with E-state index in [0.717, 1.165) is 5.56 Å². The summed E-state index contributed by atoms with van der Waals surface area (Å²) in [5, 5.41) is 4.31. The quantitative estimate of drug-likeness (QED) is 0.440. The minimum atomic E-state index is -1.76. The first-order valence-corrected chi connectivity index (χ1v) is 8.50. The van der Waals surface area contributed by atoms with Gasteiger partial charge in [0.1, 0.15) is 0 Å². The maximum Gasteiger partial charge on any atom is 0.286 e. The van der Waals surface area contributed by atoms with Crippen molar-refractivity contribution in [1.29, 1.82) is 0 Å². The van der Waals surface area contributed by atoms with Crippen LogP contribution in [0.25, 0.3) is 0 Å². The third-order valence-corrected chi connectivity index (χ3v) is 7.26. The van der Waals surface area contributed by atoms with Crippen LogP contribution in [0.2, 0.25) is 18.1 Å². The van der Waals surface area contributed by atoms with Crippen LogP contribution in [-0.2, 0) is 4.53 Å². The van der Waals surface area contributed by atoms with Gasteiger partial charge in [0.15, 0.2) is 0 Å². The zero-order valence-corrected chi connectivity index (χ0v) is 11.8.